The Kier molecular flexibility index (Phi) is 7.06. The van der Waals surface area contributed by atoms with Gasteiger partial charge in [-0.15, -0.1) is 0 Å². The summed E-state index contributed by atoms with van der Waals surface area (Å²) in [5, 5.41) is 2.79. The summed E-state index contributed by atoms with van der Waals surface area (Å²) in [6, 6.07) is 7.31. The number of rotatable bonds is 8. The molecule has 0 heterocycles. The van der Waals surface area contributed by atoms with E-state index in [0.717, 1.165) is 18.2 Å². The Balaban J connectivity index is 2.98. The normalized spacial score (nSPS) is 11.8. The highest BCUT2D eigenvalue weighted by Crippen LogP contribution is 2.28. The Hall–Kier alpha value is -1.56. The van der Waals surface area contributed by atoms with Crippen molar-refractivity contribution < 1.29 is 13.2 Å². The molecule has 1 N–H and O–H groups in total. The van der Waals surface area contributed by atoms with E-state index in [1.807, 2.05) is 26.0 Å². The second-order valence-corrected chi connectivity index (χ2v) is 8.42. The highest BCUT2D eigenvalue weighted by molar-refractivity contribution is 7.92. The minimum atomic E-state index is -3.54. The maximum Gasteiger partial charge on any atom is 0.240 e. The number of sulfonamides is 1. The molecule has 130 valence electrons. The molecule has 5 nitrogen and oxygen atoms in total. The molecule has 1 aromatic rings. The van der Waals surface area contributed by atoms with Crippen LogP contribution in [0.2, 0.25) is 0 Å². The zero-order valence-electron chi connectivity index (χ0n) is 14.7. The number of hydrogen-bond donors (Lipinski definition) is 1. The predicted molar refractivity (Wildman–Crippen MR) is 95.2 cm³/mol. The van der Waals surface area contributed by atoms with Crippen LogP contribution in [0.4, 0.5) is 5.69 Å². The molecule has 0 aromatic heterocycles. The number of amides is 1. The summed E-state index contributed by atoms with van der Waals surface area (Å²) in [6.45, 7) is 8.52. The van der Waals surface area contributed by atoms with Gasteiger partial charge in [-0.05, 0) is 29.9 Å². The Bertz CT molecular complexity index is 624. The van der Waals surface area contributed by atoms with E-state index in [4.69, 9.17) is 0 Å². The number of hydrogen-bond acceptors (Lipinski definition) is 3. The van der Waals surface area contributed by atoms with Gasteiger partial charge in [-0.25, -0.2) is 8.42 Å². The number of anilines is 1. The quantitative estimate of drug-likeness (QED) is 0.791. The highest BCUT2D eigenvalue weighted by atomic mass is 32.2. The predicted octanol–water partition coefficient (Wildman–Crippen LogP) is 2.74. The molecule has 0 unspecified atom stereocenters. The first-order chi connectivity index (χ1) is 10.6. The summed E-state index contributed by atoms with van der Waals surface area (Å²) in [5.74, 6) is 0.372. The van der Waals surface area contributed by atoms with Gasteiger partial charge in [-0.3, -0.25) is 9.10 Å². The van der Waals surface area contributed by atoms with Gasteiger partial charge in [-0.2, -0.15) is 0 Å². The van der Waals surface area contributed by atoms with Gasteiger partial charge in [0.1, 0.15) is 6.54 Å². The third-order valence-electron chi connectivity index (χ3n) is 3.56. The van der Waals surface area contributed by atoms with Gasteiger partial charge >= 0.3 is 0 Å². The second kappa shape index (κ2) is 8.34. The molecule has 0 fully saturated rings. The van der Waals surface area contributed by atoms with E-state index in [0.29, 0.717) is 18.2 Å². The van der Waals surface area contributed by atoms with Gasteiger partial charge < -0.3 is 5.32 Å². The van der Waals surface area contributed by atoms with Crippen LogP contribution in [-0.2, 0) is 14.8 Å². The fourth-order valence-electron chi connectivity index (χ4n) is 2.27. The van der Waals surface area contributed by atoms with Gasteiger partial charge in [-0.1, -0.05) is 45.9 Å². The van der Waals surface area contributed by atoms with Crippen molar-refractivity contribution in [2.45, 2.75) is 40.0 Å². The Morgan fingerprint density at radius 2 is 1.78 bits per heavy atom. The lowest BCUT2D eigenvalue weighted by Crippen LogP contribution is -2.41. The van der Waals surface area contributed by atoms with E-state index >= 15 is 0 Å². The lowest BCUT2D eigenvalue weighted by molar-refractivity contribution is -0.119. The molecule has 1 amide bonds. The van der Waals surface area contributed by atoms with Crippen LogP contribution in [0.1, 0.15) is 45.6 Å². The first-order valence-corrected chi connectivity index (χ1v) is 9.81. The largest absolute Gasteiger partial charge is 0.355 e. The number of nitrogens with one attached hydrogen (secondary N) is 1. The third kappa shape index (κ3) is 6.22. The second-order valence-electron chi connectivity index (χ2n) is 6.52. The van der Waals surface area contributed by atoms with E-state index in [2.05, 4.69) is 19.2 Å². The summed E-state index contributed by atoms with van der Waals surface area (Å²) in [4.78, 5) is 12.1. The first kappa shape index (κ1) is 19.5. The summed E-state index contributed by atoms with van der Waals surface area (Å²) in [7, 11) is -3.54. The topological polar surface area (TPSA) is 66.5 Å². The molecular weight excluding hydrogens is 312 g/mol. The summed E-state index contributed by atoms with van der Waals surface area (Å²) >= 11 is 0. The van der Waals surface area contributed by atoms with Crippen LogP contribution in [0, 0.1) is 5.92 Å². The molecule has 1 rings (SSSR count). The van der Waals surface area contributed by atoms with Crippen molar-refractivity contribution in [3.05, 3.63) is 29.8 Å². The van der Waals surface area contributed by atoms with Crippen molar-refractivity contribution in [1.29, 1.82) is 0 Å². The molecule has 1 aromatic carbocycles. The average Bonchev–Trinajstić information content (AvgIpc) is 2.43. The lowest BCUT2D eigenvalue weighted by Gasteiger charge is -2.25. The minimum Gasteiger partial charge on any atom is -0.355 e. The van der Waals surface area contributed by atoms with Crippen molar-refractivity contribution >= 4 is 21.6 Å². The summed E-state index contributed by atoms with van der Waals surface area (Å²) < 4.78 is 25.5. The van der Waals surface area contributed by atoms with Crippen LogP contribution in [-0.4, -0.2) is 33.7 Å². The number of para-hydroxylation sites is 1. The maximum atomic E-state index is 12.2. The van der Waals surface area contributed by atoms with Crippen LogP contribution in [0.3, 0.4) is 0 Å². The molecule has 0 spiro atoms. The summed E-state index contributed by atoms with van der Waals surface area (Å²) in [6.07, 6.45) is 2.00. The summed E-state index contributed by atoms with van der Waals surface area (Å²) in [5.41, 5.74) is 1.48. The molecule has 0 saturated heterocycles. The van der Waals surface area contributed by atoms with Crippen molar-refractivity contribution in [2.24, 2.45) is 5.92 Å². The Morgan fingerprint density at radius 3 is 2.30 bits per heavy atom. The average molecular weight is 340 g/mol. The van der Waals surface area contributed by atoms with Gasteiger partial charge in [0.25, 0.3) is 0 Å². The molecule has 0 aliphatic heterocycles. The number of benzene rings is 1. The van der Waals surface area contributed by atoms with Crippen LogP contribution in [0.15, 0.2) is 24.3 Å². The van der Waals surface area contributed by atoms with E-state index in [1.165, 1.54) is 4.31 Å². The van der Waals surface area contributed by atoms with E-state index in [-0.39, 0.29) is 18.4 Å². The minimum absolute atomic E-state index is 0.166. The van der Waals surface area contributed by atoms with Crippen LogP contribution >= 0.6 is 0 Å². The molecule has 0 bridgehead atoms. The molecule has 6 heteroatoms. The monoisotopic (exact) mass is 340 g/mol. The van der Waals surface area contributed by atoms with Gasteiger partial charge in [0.05, 0.1) is 11.9 Å². The molecule has 0 atom stereocenters. The number of carbonyl (C=O) groups excluding carboxylic acids is 1. The SMILES string of the molecule is CC(C)CCNC(=O)CN(c1ccccc1C(C)C)S(C)(=O)=O. The van der Waals surface area contributed by atoms with Gasteiger partial charge in [0.2, 0.25) is 15.9 Å². The van der Waals surface area contributed by atoms with Crippen molar-refractivity contribution in [1.82, 2.24) is 5.32 Å². The van der Waals surface area contributed by atoms with Crippen LogP contribution in [0.5, 0.6) is 0 Å². The maximum absolute atomic E-state index is 12.2. The first-order valence-electron chi connectivity index (χ1n) is 7.96. The Labute approximate surface area is 140 Å². The highest BCUT2D eigenvalue weighted by Gasteiger charge is 2.23. The van der Waals surface area contributed by atoms with Crippen molar-refractivity contribution in [3.8, 4) is 0 Å². The van der Waals surface area contributed by atoms with E-state index < -0.39 is 10.0 Å². The zero-order chi connectivity index (χ0) is 17.6. The molecule has 0 aliphatic carbocycles. The van der Waals surface area contributed by atoms with Gasteiger partial charge in [0.15, 0.2) is 0 Å². The van der Waals surface area contributed by atoms with E-state index in [9.17, 15) is 13.2 Å². The fraction of sp³-hybridized carbons (Fsp3) is 0.588. The van der Waals surface area contributed by atoms with E-state index in [1.54, 1.807) is 12.1 Å². The Morgan fingerprint density at radius 1 is 1.17 bits per heavy atom. The third-order valence-corrected chi connectivity index (χ3v) is 4.69. The molecule has 23 heavy (non-hydrogen) atoms. The van der Waals surface area contributed by atoms with Gasteiger partial charge in [0, 0.05) is 6.54 Å². The smallest absolute Gasteiger partial charge is 0.240 e. The molecule has 0 saturated carbocycles. The van der Waals surface area contributed by atoms with Crippen LogP contribution < -0.4 is 9.62 Å². The lowest BCUT2D eigenvalue weighted by atomic mass is 10.0. The van der Waals surface area contributed by atoms with Crippen molar-refractivity contribution in [3.63, 3.8) is 0 Å². The fourth-order valence-corrected chi connectivity index (χ4v) is 3.15. The molecule has 0 aliphatic rings. The number of carbonyl (C=O) groups is 1. The standard InChI is InChI=1S/C17H28N2O3S/c1-13(2)10-11-18-17(20)12-19(23(5,21)22)16-9-7-6-8-15(16)14(3)4/h6-9,13-14H,10-12H2,1-5H3,(H,18,20). The molecular formula is C17H28N2O3S. The molecule has 0 radical (unpaired) electrons. The number of nitrogens with zero attached hydrogens (tertiary/aromatic N) is 1. The van der Waals surface area contributed by atoms with Crippen molar-refractivity contribution in [2.75, 3.05) is 23.7 Å². The van der Waals surface area contributed by atoms with Crippen LogP contribution in [0.25, 0.3) is 0 Å². The zero-order valence-corrected chi connectivity index (χ0v) is 15.5.